The molecule has 2 N–H and O–H groups in total. The molecule has 3 nitrogen and oxygen atoms in total. The maximum absolute atomic E-state index is 8.81. The molecule has 3 heteroatoms. The topological polar surface area (TPSA) is 41.5 Å². The number of ether oxygens (including phenoxy) is 1. The molecule has 0 aliphatic carbocycles. The number of aliphatic hydroxyl groups is 1. The molecule has 0 radical (unpaired) electrons. The smallest absolute Gasteiger partial charge is 0.182 e. The third kappa shape index (κ3) is 4.21. The Labute approximate surface area is 61.7 Å². The Morgan fingerprint density at radius 3 is 2.70 bits per heavy atom. The zero-order valence-corrected chi connectivity index (χ0v) is 6.72. The fourth-order valence-corrected chi connectivity index (χ4v) is 0.510. The van der Waals surface area contributed by atoms with E-state index in [9.17, 15) is 0 Å². The molecule has 0 bridgehead atoms. The van der Waals surface area contributed by atoms with Crippen LogP contribution in [0, 0.1) is 0 Å². The van der Waals surface area contributed by atoms with Crippen LogP contribution in [-0.4, -0.2) is 24.9 Å². The van der Waals surface area contributed by atoms with Crippen LogP contribution in [0.3, 0.4) is 0 Å². The van der Waals surface area contributed by atoms with E-state index in [-0.39, 0.29) is 0 Å². The van der Waals surface area contributed by atoms with Crippen LogP contribution >= 0.6 is 0 Å². The van der Waals surface area contributed by atoms with Crippen molar-refractivity contribution in [2.45, 2.75) is 20.0 Å². The molecule has 0 saturated carbocycles. The molecule has 0 amide bonds. The first-order chi connectivity index (χ1) is 4.70. The summed E-state index contributed by atoms with van der Waals surface area (Å²) < 4.78 is 5.10. The predicted octanol–water partition coefficient (Wildman–Crippen LogP) is 0.464. The van der Waals surface area contributed by atoms with Crippen LogP contribution < -0.4 is 5.32 Å². The summed E-state index contributed by atoms with van der Waals surface area (Å²) in [6.07, 6.45) is 1.39. The summed E-state index contributed by atoms with van der Waals surface area (Å²) in [7, 11) is 1.78. The third-order valence-corrected chi connectivity index (χ3v) is 0.989. The lowest BCUT2D eigenvalue weighted by atomic mass is 10.4. The normalized spacial score (nSPS) is 14.6. The average molecular weight is 145 g/mol. The maximum Gasteiger partial charge on any atom is 0.182 e. The van der Waals surface area contributed by atoms with E-state index in [0.29, 0.717) is 12.5 Å². The Morgan fingerprint density at radius 2 is 2.40 bits per heavy atom. The van der Waals surface area contributed by atoms with E-state index in [1.807, 2.05) is 13.0 Å². The minimum atomic E-state index is -0.414. The van der Waals surface area contributed by atoms with Crippen molar-refractivity contribution >= 4 is 0 Å². The lowest BCUT2D eigenvalue weighted by Crippen LogP contribution is -2.16. The largest absolute Gasteiger partial charge is 0.477 e. The molecule has 60 valence electrons. The van der Waals surface area contributed by atoms with E-state index in [4.69, 9.17) is 9.84 Å². The highest BCUT2D eigenvalue weighted by Gasteiger charge is 1.96. The molecule has 0 spiro atoms. The van der Waals surface area contributed by atoms with Crippen molar-refractivity contribution in [1.29, 1.82) is 0 Å². The Hall–Kier alpha value is -0.700. The first kappa shape index (κ1) is 9.30. The highest BCUT2D eigenvalue weighted by molar-refractivity contribution is 4.85. The summed E-state index contributed by atoms with van der Waals surface area (Å²) >= 11 is 0. The number of hydrogen-bond acceptors (Lipinski definition) is 3. The van der Waals surface area contributed by atoms with E-state index >= 15 is 0 Å². The minimum Gasteiger partial charge on any atom is -0.477 e. The van der Waals surface area contributed by atoms with Crippen molar-refractivity contribution in [2.75, 3.05) is 13.7 Å². The predicted molar refractivity (Wildman–Crippen MR) is 40.4 cm³/mol. The van der Waals surface area contributed by atoms with Crippen molar-refractivity contribution in [3.05, 3.63) is 12.0 Å². The van der Waals surface area contributed by atoms with Crippen LogP contribution in [-0.2, 0) is 4.74 Å². The second kappa shape index (κ2) is 5.11. The number of allylic oxidation sites excluding steroid dienone is 1. The van der Waals surface area contributed by atoms with Gasteiger partial charge in [-0.3, -0.25) is 0 Å². The fourth-order valence-electron chi connectivity index (χ4n) is 0.510. The Bertz CT molecular complexity index is 110. The van der Waals surface area contributed by atoms with Gasteiger partial charge in [0.05, 0.1) is 6.10 Å². The molecule has 0 heterocycles. The molecule has 0 fully saturated rings. The van der Waals surface area contributed by atoms with Gasteiger partial charge in [0.15, 0.2) is 5.88 Å². The van der Waals surface area contributed by atoms with Crippen LogP contribution in [0.1, 0.15) is 13.8 Å². The van der Waals surface area contributed by atoms with E-state index in [1.165, 1.54) is 0 Å². The molecule has 0 aromatic carbocycles. The first-order valence-corrected chi connectivity index (χ1v) is 3.35. The quantitative estimate of drug-likeness (QED) is 0.565. The zero-order chi connectivity index (χ0) is 7.98. The van der Waals surface area contributed by atoms with Gasteiger partial charge in [0.2, 0.25) is 0 Å². The summed E-state index contributed by atoms with van der Waals surface area (Å²) in [5.41, 5.74) is 0. The highest BCUT2D eigenvalue weighted by Crippen LogP contribution is 1.92. The van der Waals surface area contributed by atoms with Gasteiger partial charge in [-0.2, -0.15) is 0 Å². The monoisotopic (exact) mass is 145 g/mol. The zero-order valence-electron chi connectivity index (χ0n) is 6.72. The second-order valence-corrected chi connectivity index (χ2v) is 2.06. The van der Waals surface area contributed by atoms with Crippen LogP contribution in [0.5, 0.6) is 0 Å². The third-order valence-electron chi connectivity index (χ3n) is 0.989. The van der Waals surface area contributed by atoms with Gasteiger partial charge in [0.1, 0.15) is 6.61 Å². The van der Waals surface area contributed by atoms with Crippen molar-refractivity contribution in [1.82, 2.24) is 5.32 Å². The van der Waals surface area contributed by atoms with Crippen molar-refractivity contribution in [3.63, 3.8) is 0 Å². The molecule has 1 unspecified atom stereocenters. The van der Waals surface area contributed by atoms with Gasteiger partial charge < -0.3 is 15.2 Å². The Morgan fingerprint density at radius 1 is 1.80 bits per heavy atom. The lowest BCUT2D eigenvalue weighted by molar-refractivity contribution is 0.0772. The molecule has 1 atom stereocenters. The summed E-state index contributed by atoms with van der Waals surface area (Å²) in [5.74, 6) is 0.695. The summed E-state index contributed by atoms with van der Waals surface area (Å²) in [6, 6.07) is 0. The summed E-state index contributed by atoms with van der Waals surface area (Å²) in [4.78, 5) is 0. The van der Waals surface area contributed by atoms with Crippen molar-refractivity contribution < 1.29 is 9.84 Å². The standard InChI is InChI=1S/C7H15NO2/c1-4-7(8-3)10-5-6(2)9/h4,6,8-9H,5H2,1-3H3. The number of nitrogens with one attached hydrogen (secondary N) is 1. The molecular weight excluding hydrogens is 130 g/mol. The molecule has 0 aromatic heterocycles. The molecule has 0 rings (SSSR count). The second-order valence-electron chi connectivity index (χ2n) is 2.06. The van der Waals surface area contributed by atoms with Gasteiger partial charge >= 0.3 is 0 Å². The van der Waals surface area contributed by atoms with Crippen LogP contribution in [0.2, 0.25) is 0 Å². The summed E-state index contributed by atoms with van der Waals surface area (Å²) in [6.45, 7) is 3.89. The fraction of sp³-hybridized carbons (Fsp3) is 0.714. The van der Waals surface area contributed by atoms with Crippen LogP contribution in [0.25, 0.3) is 0 Å². The lowest BCUT2D eigenvalue weighted by Gasteiger charge is -2.09. The van der Waals surface area contributed by atoms with Gasteiger partial charge in [-0.1, -0.05) is 0 Å². The summed E-state index contributed by atoms with van der Waals surface area (Å²) in [5, 5.41) is 11.6. The van der Waals surface area contributed by atoms with Crippen molar-refractivity contribution in [2.24, 2.45) is 0 Å². The average Bonchev–Trinajstić information content (AvgIpc) is 1.90. The van der Waals surface area contributed by atoms with Gasteiger partial charge in [-0.25, -0.2) is 0 Å². The number of rotatable bonds is 4. The highest BCUT2D eigenvalue weighted by atomic mass is 16.5. The van der Waals surface area contributed by atoms with Crippen LogP contribution in [0.4, 0.5) is 0 Å². The van der Waals surface area contributed by atoms with E-state index in [2.05, 4.69) is 5.32 Å². The van der Waals surface area contributed by atoms with Crippen LogP contribution in [0.15, 0.2) is 12.0 Å². The maximum atomic E-state index is 8.81. The minimum absolute atomic E-state index is 0.334. The molecule has 10 heavy (non-hydrogen) atoms. The van der Waals surface area contributed by atoms with E-state index < -0.39 is 6.10 Å². The van der Waals surface area contributed by atoms with Gasteiger partial charge in [-0.15, -0.1) is 0 Å². The Balaban J connectivity index is 3.46. The van der Waals surface area contributed by atoms with E-state index in [1.54, 1.807) is 14.0 Å². The molecule has 0 aliphatic rings. The molecular formula is C7H15NO2. The van der Waals surface area contributed by atoms with Gasteiger partial charge in [-0.05, 0) is 19.9 Å². The molecule has 0 aliphatic heterocycles. The number of hydrogen-bond donors (Lipinski definition) is 2. The molecule has 0 saturated heterocycles. The molecule has 0 aromatic rings. The van der Waals surface area contributed by atoms with Gasteiger partial charge in [0, 0.05) is 7.05 Å². The van der Waals surface area contributed by atoms with Gasteiger partial charge in [0.25, 0.3) is 0 Å². The SMILES string of the molecule is CC=C(NC)OCC(C)O. The van der Waals surface area contributed by atoms with Crippen molar-refractivity contribution in [3.8, 4) is 0 Å². The Kier molecular flexibility index (Phi) is 4.76. The number of aliphatic hydroxyl groups excluding tert-OH is 1. The van der Waals surface area contributed by atoms with E-state index in [0.717, 1.165) is 0 Å². The first-order valence-electron chi connectivity index (χ1n) is 3.35.